The molecule has 0 aliphatic heterocycles. The number of hydrogen-bond donors (Lipinski definition) is 0. The largest absolute Gasteiger partial charge is 0.347 e. The van der Waals surface area contributed by atoms with E-state index in [0.29, 0.717) is 5.56 Å². The van der Waals surface area contributed by atoms with Gasteiger partial charge in [0.25, 0.3) is 0 Å². The van der Waals surface area contributed by atoms with Crippen molar-refractivity contribution in [2.45, 2.75) is 13.5 Å². The van der Waals surface area contributed by atoms with Crippen LogP contribution < -0.4 is 0 Å². The maximum Gasteiger partial charge on any atom is 0.243 e. The van der Waals surface area contributed by atoms with Crippen molar-refractivity contribution in [1.29, 1.82) is 5.26 Å². The second-order valence-electron chi connectivity index (χ2n) is 4.86. The lowest BCUT2D eigenvalue weighted by molar-refractivity contribution is -0.129. The molecule has 2 rings (SSSR count). The van der Waals surface area contributed by atoms with E-state index in [1.807, 2.05) is 25.3 Å². The Kier molecular flexibility index (Phi) is 3.85. The number of amides is 1. The maximum absolute atomic E-state index is 11.6. The van der Waals surface area contributed by atoms with Crippen molar-refractivity contribution in [3.8, 4) is 17.2 Å². The number of hydrogen-bond acceptors (Lipinski definition) is 3. The van der Waals surface area contributed by atoms with Gasteiger partial charge in [0, 0.05) is 25.9 Å². The number of aryl methyl sites for hydroxylation is 1. The third kappa shape index (κ3) is 2.86. The van der Waals surface area contributed by atoms with Crippen molar-refractivity contribution in [3.63, 3.8) is 0 Å². The van der Waals surface area contributed by atoms with E-state index in [0.717, 1.165) is 16.7 Å². The zero-order valence-electron chi connectivity index (χ0n) is 11.8. The van der Waals surface area contributed by atoms with Crippen molar-refractivity contribution in [3.05, 3.63) is 41.7 Å². The Labute approximate surface area is 118 Å². The summed E-state index contributed by atoms with van der Waals surface area (Å²) < 4.78 is 1.62. The van der Waals surface area contributed by atoms with Gasteiger partial charge in [0.2, 0.25) is 5.91 Å². The van der Waals surface area contributed by atoms with E-state index < -0.39 is 0 Å². The summed E-state index contributed by atoms with van der Waals surface area (Å²) in [5.41, 5.74) is 3.62. The molecule has 0 radical (unpaired) electrons. The topological polar surface area (TPSA) is 61.9 Å². The minimum Gasteiger partial charge on any atom is -0.347 e. The third-order valence-corrected chi connectivity index (χ3v) is 3.10. The zero-order valence-corrected chi connectivity index (χ0v) is 11.8. The minimum atomic E-state index is -0.00352. The molecule has 0 spiro atoms. The molecule has 1 amide bonds. The maximum atomic E-state index is 11.6. The Bertz CT molecular complexity index is 679. The molecular weight excluding hydrogens is 252 g/mol. The van der Waals surface area contributed by atoms with Gasteiger partial charge < -0.3 is 4.90 Å². The predicted octanol–water partition coefficient (Wildman–Crippen LogP) is 1.82. The number of rotatable bonds is 3. The number of likely N-dealkylation sites (N-methyl/N-ethyl adjacent to an activating group) is 1. The van der Waals surface area contributed by atoms with E-state index in [4.69, 9.17) is 5.26 Å². The molecule has 102 valence electrons. The molecule has 20 heavy (non-hydrogen) atoms. The molecule has 0 fully saturated rings. The van der Waals surface area contributed by atoms with Crippen LogP contribution in [0, 0.1) is 18.3 Å². The molecule has 2 aromatic rings. The van der Waals surface area contributed by atoms with Gasteiger partial charge in [0.1, 0.15) is 6.54 Å². The Morgan fingerprint density at radius 1 is 1.45 bits per heavy atom. The highest BCUT2D eigenvalue weighted by molar-refractivity contribution is 5.75. The Hall–Kier alpha value is -2.61. The van der Waals surface area contributed by atoms with Crippen molar-refractivity contribution in [2.24, 2.45) is 0 Å². The number of benzene rings is 1. The second kappa shape index (κ2) is 5.57. The number of carbonyl (C=O) groups excluding carboxylic acids is 1. The van der Waals surface area contributed by atoms with Gasteiger partial charge in [0.05, 0.1) is 17.8 Å². The SMILES string of the molecule is Cc1cc(C#N)ccc1-c1cnn(CC(=O)N(C)C)c1. The van der Waals surface area contributed by atoms with Crippen LogP contribution in [0.4, 0.5) is 0 Å². The first kappa shape index (κ1) is 13.8. The first-order chi connectivity index (χ1) is 9.51. The van der Waals surface area contributed by atoms with Crippen LogP contribution in [0.2, 0.25) is 0 Å². The number of aromatic nitrogens is 2. The average Bonchev–Trinajstić information content (AvgIpc) is 2.86. The van der Waals surface area contributed by atoms with Crippen LogP contribution in [0.1, 0.15) is 11.1 Å². The summed E-state index contributed by atoms with van der Waals surface area (Å²) in [5.74, 6) is -0.00352. The fourth-order valence-electron chi connectivity index (χ4n) is 1.93. The highest BCUT2D eigenvalue weighted by Gasteiger charge is 2.09. The fourth-order valence-corrected chi connectivity index (χ4v) is 1.93. The molecular formula is C15H16N4O. The lowest BCUT2D eigenvalue weighted by Crippen LogP contribution is -2.26. The van der Waals surface area contributed by atoms with Crippen LogP contribution >= 0.6 is 0 Å². The second-order valence-corrected chi connectivity index (χ2v) is 4.86. The number of nitrogens with zero attached hydrogens (tertiary/aromatic N) is 4. The van der Waals surface area contributed by atoms with Crippen LogP contribution in [0.15, 0.2) is 30.6 Å². The van der Waals surface area contributed by atoms with Gasteiger partial charge in [-0.1, -0.05) is 6.07 Å². The highest BCUT2D eigenvalue weighted by atomic mass is 16.2. The van der Waals surface area contributed by atoms with Crippen LogP contribution in [0.5, 0.6) is 0 Å². The van der Waals surface area contributed by atoms with Crippen molar-refractivity contribution in [1.82, 2.24) is 14.7 Å². The van der Waals surface area contributed by atoms with Crippen LogP contribution in [-0.4, -0.2) is 34.7 Å². The fraction of sp³-hybridized carbons (Fsp3) is 0.267. The van der Waals surface area contributed by atoms with E-state index in [1.54, 1.807) is 31.0 Å². The van der Waals surface area contributed by atoms with Gasteiger partial charge in [-0.3, -0.25) is 9.48 Å². The van der Waals surface area contributed by atoms with Crippen molar-refractivity contribution in [2.75, 3.05) is 14.1 Å². The molecule has 0 saturated heterocycles. The summed E-state index contributed by atoms with van der Waals surface area (Å²) in [5, 5.41) is 13.1. The Morgan fingerprint density at radius 3 is 2.80 bits per heavy atom. The molecule has 0 unspecified atom stereocenters. The zero-order chi connectivity index (χ0) is 14.7. The Balaban J connectivity index is 2.25. The quantitative estimate of drug-likeness (QED) is 0.853. The lowest BCUT2D eigenvalue weighted by Gasteiger charge is -2.09. The van der Waals surface area contributed by atoms with Crippen molar-refractivity contribution >= 4 is 5.91 Å². The summed E-state index contributed by atoms with van der Waals surface area (Å²) in [4.78, 5) is 13.2. The molecule has 0 atom stereocenters. The van der Waals surface area contributed by atoms with Crippen LogP contribution in [-0.2, 0) is 11.3 Å². The van der Waals surface area contributed by atoms with E-state index in [-0.39, 0.29) is 12.5 Å². The highest BCUT2D eigenvalue weighted by Crippen LogP contribution is 2.23. The van der Waals surface area contributed by atoms with E-state index >= 15 is 0 Å². The van der Waals surface area contributed by atoms with E-state index in [2.05, 4.69) is 11.2 Å². The smallest absolute Gasteiger partial charge is 0.243 e. The first-order valence-corrected chi connectivity index (χ1v) is 6.25. The van der Waals surface area contributed by atoms with E-state index in [1.165, 1.54) is 4.90 Å². The van der Waals surface area contributed by atoms with Crippen molar-refractivity contribution < 1.29 is 4.79 Å². The van der Waals surface area contributed by atoms with Gasteiger partial charge in [-0.2, -0.15) is 10.4 Å². The van der Waals surface area contributed by atoms with Gasteiger partial charge in [-0.05, 0) is 30.2 Å². The van der Waals surface area contributed by atoms with E-state index in [9.17, 15) is 4.79 Å². The molecule has 0 bridgehead atoms. The number of carbonyl (C=O) groups is 1. The predicted molar refractivity (Wildman–Crippen MR) is 75.8 cm³/mol. The average molecular weight is 268 g/mol. The molecule has 0 aliphatic rings. The molecule has 0 saturated carbocycles. The molecule has 1 aromatic heterocycles. The summed E-state index contributed by atoms with van der Waals surface area (Å²) in [7, 11) is 3.44. The van der Waals surface area contributed by atoms with Gasteiger partial charge >= 0.3 is 0 Å². The number of nitriles is 1. The summed E-state index contributed by atoms with van der Waals surface area (Å²) in [6.45, 7) is 2.18. The minimum absolute atomic E-state index is 0.00352. The van der Waals surface area contributed by atoms with Gasteiger partial charge in [0.15, 0.2) is 0 Å². The van der Waals surface area contributed by atoms with Crippen LogP contribution in [0.3, 0.4) is 0 Å². The summed E-state index contributed by atoms with van der Waals surface area (Å²) >= 11 is 0. The first-order valence-electron chi connectivity index (χ1n) is 6.25. The molecule has 1 heterocycles. The summed E-state index contributed by atoms with van der Waals surface area (Å²) in [6.07, 6.45) is 3.58. The third-order valence-electron chi connectivity index (χ3n) is 3.10. The molecule has 5 nitrogen and oxygen atoms in total. The van der Waals surface area contributed by atoms with Gasteiger partial charge in [-0.25, -0.2) is 0 Å². The van der Waals surface area contributed by atoms with Crippen LogP contribution in [0.25, 0.3) is 11.1 Å². The lowest BCUT2D eigenvalue weighted by atomic mass is 10.0. The molecule has 5 heteroatoms. The normalized spacial score (nSPS) is 10.1. The summed E-state index contributed by atoms with van der Waals surface area (Å²) in [6, 6.07) is 7.65. The standard InChI is InChI=1S/C15H16N4O/c1-11-6-12(7-16)4-5-14(11)13-8-17-19(9-13)10-15(20)18(2)3/h4-6,8-9H,10H2,1-3H3. The van der Waals surface area contributed by atoms with Gasteiger partial charge in [-0.15, -0.1) is 0 Å². The molecule has 1 aromatic carbocycles. The monoisotopic (exact) mass is 268 g/mol. The Morgan fingerprint density at radius 2 is 2.20 bits per heavy atom. The molecule has 0 N–H and O–H groups in total. The molecule has 0 aliphatic carbocycles.